The molecule has 6 nitrogen and oxygen atoms in total. The molecular weight excluding hydrogens is 284 g/mol. The van der Waals surface area contributed by atoms with Crippen LogP contribution < -0.4 is 11.1 Å². The van der Waals surface area contributed by atoms with Crippen molar-refractivity contribution in [3.05, 3.63) is 35.9 Å². The molecule has 3 atom stereocenters. The highest BCUT2D eigenvalue weighted by Gasteiger charge is 2.28. The molecule has 0 saturated carbocycles. The number of amides is 1. The molecule has 1 aromatic rings. The minimum Gasteiger partial charge on any atom is -0.480 e. The van der Waals surface area contributed by atoms with Gasteiger partial charge in [0.05, 0.1) is 0 Å². The second-order valence-corrected chi connectivity index (χ2v) is 5.83. The van der Waals surface area contributed by atoms with E-state index < -0.39 is 30.1 Å². The Balaban J connectivity index is 2.61. The number of carbonyl (C=O) groups is 2. The van der Waals surface area contributed by atoms with E-state index in [9.17, 15) is 14.7 Å². The molecule has 0 aliphatic heterocycles. The van der Waals surface area contributed by atoms with Gasteiger partial charge in [0.1, 0.15) is 12.1 Å². The van der Waals surface area contributed by atoms with E-state index >= 15 is 0 Å². The van der Waals surface area contributed by atoms with Crippen LogP contribution in [0, 0.1) is 5.92 Å². The first-order chi connectivity index (χ1) is 10.3. The molecule has 22 heavy (non-hydrogen) atoms. The summed E-state index contributed by atoms with van der Waals surface area (Å²) in [6, 6.07) is 7.44. The van der Waals surface area contributed by atoms with E-state index in [1.54, 1.807) is 0 Å². The largest absolute Gasteiger partial charge is 0.480 e. The van der Waals surface area contributed by atoms with E-state index in [-0.39, 0.29) is 5.92 Å². The molecule has 0 aliphatic rings. The zero-order chi connectivity index (χ0) is 16.7. The minimum absolute atomic E-state index is 0.108. The van der Waals surface area contributed by atoms with Gasteiger partial charge in [-0.2, -0.15) is 0 Å². The van der Waals surface area contributed by atoms with Crippen molar-refractivity contribution in [1.82, 2.24) is 5.32 Å². The molecule has 6 heteroatoms. The molecule has 1 amide bonds. The Morgan fingerprint density at radius 3 is 2.32 bits per heavy atom. The summed E-state index contributed by atoms with van der Waals surface area (Å²) < 4.78 is 0. The monoisotopic (exact) mass is 308 g/mol. The molecule has 1 rings (SSSR count). The first-order valence-electron chi connectivity index (χ1n) is 7.32. The Morgan fingerprint density at radius 1 is 1.23 bits per heavy atom. The molecule has 5 N–H and O–H groups in total. The first-order valence-corrected chi connectivity index (χ1v) is 7.32. The number of aliphatic hydroxyl groups is 1. The number of aliphatic carboxylic acids is 1. The lowest BCUT2D eigenvalue weighted by atomic mass is 10.00. The van der Waals surface area contributed by atoms with Gasteiger partial charge in [-0.15, -0.1) is 0 Å². The molecule has 0 saturated heterocycles. The van der Waals surface area contributed by atoms with Gasteiger partial charge in [0.15, 0.2) is 0 Å². The van der Waals surface area contributed by atoms with Gasteiger partial charge in [-0.25, -0.2) is 4.79 Å². The number of rotatable bonds is 8. The lowest BCUT2D eigenvalue weighted by molar-refractivity contribution is -0.144. The zero-order valence-electron chi connectivity index (χ0n) is 12.9. The molecule has 122 valence electrons. The number of benzene rings is 1. The Bertz CT molecular complexity index is 490. The Morgan fingerprint density at radius 2 is 1.82 bits per heavy atom. The van der Waals surface area contributed by atoms with Crippen molar-refractivity contribution in [2.24, 2.45) is 11.7 Å². The number of carbonyl (C=O) groups excluding carboxylic acids is 1. The summed E-state index contributed by atoms with van der Waals surface area (Å²) in [5.41, 5.74) is 6.75. The van der Waals surface area contributed by atoms with E-state index in [2.05, 4.69) is 5.32 Å². The van der Waals surface area contributed by atoms with Gasteiger partial charge < -0.3 is 21.3 Å². The van der Waals surface area contributed by atoms with Crippen molar-refractivity contribution in [3.63, 3.8) is 0 Å². The van der Waals surface area contributed by atoms with Crippen LogP contribution in [0.15, 0.2) is 30.3 Å². The van der Waals surface area contributed by atoms with E-state index in [4.69, 9.17) is 10.8 Å². The fourth-order valence-electron chi connectivity index (χ4n) is 2.14. The Labute approximate surface area is 130 Å². The summed E-state index contributed by atoms with van der Waals surface area (Å²) >= 11 is 0. The van der Waals surface area contributed by atoms with Crippen LogP contribution >= 0.6 is 0 Å². The predicted molar refractivity (Wildman–Crippen MR) is 83.1 cm³/mol. The molecule has 0 spiro atoms. The number of hydrogen-bond acceptors (Lipinski definition) is 4. The minimum atomic E-state index is -1.45. The van der Waals surface area contributed by atoms with Crippen LogP contribution in [0.2, 0.25) is 0 Å². The molecule has 0 bridgehead atoms. The molecular formula is C16H24N2O4. The van der Waals surface area contributed by atoms with E-state index in [1.165, 1.54) is 0 Å². The summed E-state index contributed by atoms with van der Waals surface area (Å²) in [6.07, 6.45) is -0.826. The lowest BCUT2D eigenvalue weighted by Gasteiger charge is -2.22. The number of carboxylic acids is 1. The van der Waals surface area contributed by atoms with Gasteiger partial charge in [0, 0.05) is 6.04 Å². The summed E-state index contributed by atoms with van der Waals surface area (Å²) in [5, 5.41) is 21.4. The zero-order valence-corrected chi connectivity index (χ0v) is 12.9. The third-order valence-electron chi connectivity index (χ3n) is 3.31. The van der Waals surface area contributed by atoms with Crippen LogP contribution in [-0.4, -0.2) is 40.3 Å². The number of nitrogens with one attached hydrogen (secondary N) is 1. The maximum atomic E-state index is 12.0. The van der Waals surface area contributed by atoms with Gasteiger partial charge in [-0.05, 0) is 24.3 Å². The van der Waals surface area contributed by atoms with E-state index in [0.29, 0.717) is 12.8 Å². The molecule has 0 heterocycles. The molecule has 1 unspecified atom stereocenters. The maximum absolute atomic E-state index is 12.0. The highest BCUT2D eigenvalue weighted by molar-refractivity contribution is 5.86. The summed E-state index contributed by atoms with van der Waals surface area (Å²) in [7, 11) is 0. The van der Waals surface area contributed by atoms with E-state index in [1.807, 2.05) is 44.2 Å². The summed E-state index contributed by atoms with van der Waals surface area (Å²) in [4.78, 5) is 23.1. The maximum Gasteiger partial charge on any atom is 0.326 e. The lowest BCUT2D eigenvalue weighted by Crippen LogP contribution is -2.52. The topological polar surface area (TPSA) is 113 Å². The quantitative estimate of drug-likeness (QED) is 0.559. The van der Waals surface area contributed by atoms with Crippen molar-refractivity contribution in [2.75, 3.05) is 0 Å². The Hall–Kier alpha value is -1.92. The SMILES string of the molecule is CC(C)CC(NC(=O)[C@H](O)[C@@H](N)Cc1ccccc1)C(=O)O. The highest BCUT2D eigenvalue weighted by Crippen LogP contribution is 2.08. The van der Waals surface area contributed by atoms with Crippen molar-refractivity contribution in [1.29, 1.82) is 0 Å². The first kappa shape index (κ1) is 18.1. The number of aliphatic hydroxyl groups excluding tert-OH is 1. The number of hydrogen-bond donors (Lipinski definition) is 4. The summed E-state index contributed by atoms with van der Waals surface area (Å²) in [6.45, 7) is 3.72. The van der Waals surface area contributed by atoms with Crippen molar-refractivity contribution < 1.29 is 19.8 Å². The van der Waals surface area contributed by atoms with Crippen LogP contribution in [0.4, 0.5) is 0 Å². The Kier molecular flexibility index (Phi) is 7.01. The average Bonchev–Trinajstić information content (AvgIpc) is 2.46. The van der Waals surface area contributed by atoms with Crippen LogP contribution in [0.1, 0.15) is 25.8 Å². The normalized spacial score (nSPS) is 15.1. The second kappa shape index (κ2) is 8.51. The van der Waals surface area contributed by atoms with Crippen LogP contribution in [0.25, 0.3) is 0 Å². The molecule has 0 aliphatic carbocycles. The smallest absolute Gasteiger partial charge is 0.326 e. The van der Waals surface area contributed by atoms with Crippen molar-refractivity contribution in [3.8, 4) is 0 Å². The van der Waals surface area contributed by atoms with Gasteiger partial charge in [-0.1, -0.05) is 44.2 Å². The molecule has 1 aromatic carbocycles. The van der Waals surface area contributed by atoms with Crippen LogP contribution in [0.5, 0.6) is 0 Å². The van der Waals surface area contributed by atoms with Crippen LogP contribution in [-0.2, 0) is 16.0 Å². The fourth-order valence-corrected chi connectivity index (χ4v) is 2.14. The summed E-state index contributed by atoms with van der Waals surface area (Å²) in [5.74, 6) is -1.76. The van der Waals surface area contributed by atoms with Crippen LogP contribution in [0.3, 0.4) is 0 Å². The third-order valence-corrected chi connectivity index (χ3v) is 3.31. The molecule has 0 aromatic heterocycles. The fraction of sp³-hybridized carbons (Fsp3) is 0.500. The van der Waals surface area contributed by atoms with Gasteiger partial charge in [-0.3, -0.25) is 4.79 Å². The molecule has 0 radical (unpaired) electrons. The van der Waals surface area contributed by atoms with Gasteiger partial charge in [0.25, 0.3) is 5.91 Å². The van der Waals surface area contributed by atoms with Gasteiger partial charge in [0.2, 0.25) is 0 Å². The number of carboxylic acid groups (broad SMARTS) is 1. The average molecular weight is 308 g/mol. The number of nitrogens with two attached hydrogens (primary N) is 1. The molecule has 0 fully saturated rings. The highest BCUT2D eigenvalue weighted by atomic mass is 16.4. The standard InChI is InChI=1S/C16H24N2O4/c1-10(2)8-13(16(21)22)18-15(20)14(19)12(17)9-11-6-4-3-5-7-11/h3-7,10,12-14,19H,8-9,17H2,1-2H3,(H,18,20)(H,21,22)/t12-,13?,14+/m0/s1. The van der Waals surface area contributed by atoms with E-state index in [0.717, 1.165) is 5.56 Å². The van der Waals surface area contributed by atoms with Gasteiger partial charge >= 0.3 is 5.97 Å². The second-order valence-electron chi connectivity index (χ2n) is 5.83. The van der Waals surface area contributed by atoms with Crippen molar-refractivity contribution >= 4 is 11.9 Å². The predicted octanol–water partition coefficient (Wildman–Crippen LogP) is 0.533. The van der Waals surface area contributed by atoms with Crippen molar-refractivity contribution in [2.45, 2.75) is 44.9 Å². The third kappa shape index (κ3) is 5.83.